The third kappa shape index (κ3) is 8.97. The molecule has 60 heavy (non-hydrogen) atoms. The Labute approximate surface area is 356 Å². The number of carboxylic acid groups (broad SMARTS) is 1. The summed E-state index contributed by atoms with van der Waals surface area (Å²) in [7, 11) is 2.80. The first kappa shape index (κ1) is 45.9. The fourth-order valence-corrected chi connectivity index (χ4v) is 7.30. The molecule has 4 heterocycles. The Bertz CT molecular complexity index is 2790. The first-order valence-corrected chi connectivity index (χ1v) is 18.7. The molecule has 0 aliphatic carbocycles. The van der Waals surface area contributed by atoms with Crippen LogP contribution < -0.4 is 0 Å². The van der Waals surface area contributed by atoms with E-state index in [2.05, 4.69) is 9.97 Å². The van der Waals surface area contributed by atoms with Gasteiger partial charge in [0.2, 0.25) is 11.6 Å². The fraction of sp³-hybridized carbons (Fsp3) is 0.250. The van der Waals surface area contributed by atoms with Crippen molar-refractivity contribution in [1.29, 1.82) is 0 Å². The molecule has 20 heteroatoms. The number of halogens is 10. The number of ketones is 2. The van der Waals surface area contributed by atoms with Crippen molar-refractivity contribution < 1.29 is 55.4 Å². The van der Waals surface area contributed by atoms with Gasteiger partial charge in [0.1, 0.15) is 28.3 Å². The molecule has 0 atom stereocenters. The van der Waals surface area contributed by atoms with Crippen LogP contribution >= 0.6 is 46.4 Å². The number of aromatic carboxylic acids is 1. The van der Waals surface area contributed by atoms with E-state index in [-0.39, 0.29) is 70.6 Å². The number of pyridine rings is 2. The number of esters is 1. The molecule has 0 fully saturated rings. The third-order valence-corrected chi connectivity index (χ3v) is 10.4. The van der Waals surface area contributed by atoms with Crippen molar-refractivity contribution in [3.8, 4) is 0 Å². The summed E-state index contributed by atoms with van der Waals surface area (Å²) in [6.45, 7) is 8.01. The zero-order valence-electron chi connectivity index (χ0n) is 32.2. The highest BCUT2D eigenvalue weighted by molar-refractivity contribution is 6.43. The summed E-state index contributed by atoms with van der Waals surface area (Å²) in [6, 6.07) is 9.67. The zero-order valence-corrected chi connectivity index (χ0v) is 35.2. The lowest BCUT2D eigenvalue weighted by atomic mass is 10.0. The van der Waals surface area contributed by atoms with Gasteiger partial charge in [-0.05, 0) is 94.3 Å². The molecule has 0 bridgehead atoms. The number of ether oxygens (including phenoxy) is 1. The standard InChI is InChI=1S/C22H19Cl2F3N2O3.C18H11Cl2F3N2O3/c1-10-8-15(22(25,26)27)28-19-12(10)9-14(29(19)5)18(30)16-13(23)7-6-11(17(16)24)20(31)32-21(2,3)4;1-7-5-12(18(21,22)23)24-16-9(7)6-11(25(16)2)15(26)13-10(19)4-3-8(14(13)20)17(27)28/h6-9H,1-5H3;3-6H,1-2H3,(H,27,28). The van der Waals surface area contributed by atoms with Gasteiger partial charge in [-0.15, -0.1) is 0 Å². The molecule has 0 saturated heterocycles. The van der Waals surface area contributed by atoms with Crippen molar-refractivity contribution >= 4 is 92.0 Å². The highest BCUT2D eigenvalue weighted by Crippen LogP contribution is 2.37. The number of hydrogen-bond donors (Lipinski definition) is 1. The fourth-order valence-electron chi connectivity index (χ4n) is 6.05. The molecule has 0 aliphatic rings. The third-order valence-electron chi connectivity index (χ3n) is 8.94. The highest BCUT2D eigenvalue weighted by atomic mass is 35.5. The zero-order chi connectivity index (χ0) is 45.1. The molecule has 10 nitrogen and oxygen atoms in total. The number of aryl methyl sites for hydroxylation is 4. The molecular formula is C40H30Cl4F6N4O6. The molecule has 6 rings (SSSR count). The normalized spacial score (nSPS) is 12.1. The predicted octanol–water partition coefficient (Wildman–Crippen LogP) is 11.5. The van der Waals surface area contributed by atoms with Gasteiger partial charge in [0.15, 0.2) is 0 Å². The van der Waals surface area contributed by atoms with Gasteiger partial charge in [0.05, 0.1) is 53.7 Å². The minimum absolute atomic E-state index is 0.0139. The van der Waals surface area contributed by atoms with Gasteiger partial charge in [0, 0.05) is 24.9 Å². The number of fused-ring (bicyclic) bond motifs is 2. The van der Waals surface area contributed by atoms with E-state index in [4.69, 9.17) is 51.1 Å². The van der Waals surface area contributed by atoms with Crippen LogP contribution in [0.1, 0.15) is 96.1 Å². The lowest BCUT2D eigenvalue weighted by Gasteiger charge is -2.20. The molecule has 0 spiro atoms. The van der Waals surface area contributed by atoms with E-state index in [9.17, 15) is 50.6 Å². The van der Waals surface area contributed by atoms with E-state index in [1.165, 1.54) is 67.4 Å². The van der Waals surface area contributed by atoms with Crippen LogP contribution in [0, 0.1) is 13.8 Å². The number of rotatable bonds is 6. The average molecular weight is 919 g/mol. The minimum atomic E-state index is -4.64. The van der Waals surface area contributed by atoms with Crippen LogP contribution in [0.4, 0.5) is 26.3 Å². The van der Waals surface area contributed by atoms with Gasteiger partial charge in [-0.2, -0.15) is 26.3 Å². The Morgan fingerprint density at radius 3 is 1.35 bits per heavy atom. The second kappa shape index (κ2) is 16.4. The monoisotopic (exact) mass is 916 g/mol. The topological polar surface area (TPSA) is 133 Å². The van der Waals surface area contributed by atoms with Gasteiger partial charge < -0.3 is 19.0 Å². The van der Waals surface area contributed by atoms with Crippen molar-refractivity contribution in [2.45, 2.75) is 52.6 Å². The quantitative estimate of drug-likeness (QED) is 0.0992. The van der Waals surface area contributed by atoms with Crippen LogP contribution in [0.2, 0.25) is 20.1 Å². The summed E-state index contributed by atoms with van der Waals surface area (Å²) in [5.74, 6) is -3.48. The van der Waals surface area contributed by atoms with Gasteiger partial charge >= 0.3 is 24.3 Å². The molecule has 0 unspecified atom stereocenters. The molecule has 4 aromatic heterocycles. The summed E-state index contributed by atoms with van der Waals surface area (Å²) >= 11 is 24.7. The molecule has 0 amide bonds. The number of benzene rings is 2. The number of aromatic nitrogens is 4. The summed E-state index contributed by atoms with van der Waals surface area (Å²) in [5, 5.41) is 9.26. The van der Waals surface area contributed by atoms with Crippen LogP contribution in [-0.4, -0.2) is 53.3 Å². The first-order valence-electron chi connectivity index (χ1n) is 17.2. The number of carbonyl (C=O) groups is 4. The summed E-state index contributed by atoms with van der Waals surface area (Å²) in [5.41, 5.74) is -3.21. The Balaban J connectivity index is 0.000000230. The molecule has 0 aliphatic heterocycles. The number of alkyl halides is 6. The Morgan fingerprint density at radius 1 is 0.633 bits per heavy atom. The molecule has 1 N–H and O–H groups in total. The van der Waals surface area contributed by atoms with E-state index in [0.717, 1.165) is 18.2 Å². The van der Waals surface area contributed by atoms with Gasteiger partial charge in [-0.25, -0.2) is 19.6 Å². The van der Waals surface area contributed by atoms with Gasteiger partial charge in [0.25, 0.3) is 0 Å². The van der Waals surface area contributed by atoms with E-state index in [1.807, 2.05) is 0 Å². The van der Waals surface area contributed by atoms with Crippen molar-refractivity contribution in [2.75, 3.05) is 0 Å². The second-order valence-electron chi connectivity index (χ2n) is 14.3. The van der Waals surface area contributed by atoms with Crippen LogP contribution in [0.15, 0.2) is 48.5 Å². The predicted molar refractivity (Wildman–Crippen MR) is 213 cm³/mol. The number of nitrogens with zero attached hydrogens (tertiary/aromatic N) is 4. The van der Waals surface area contributed by atoms with E-state index in [1.54, 1.807) is 20.8 Å². The molecule has 2 aromatic carbocycles. The van der Waals surface area contributed by atoms with Crippen molar-refractivity contribution in [3.05, 3.63) is 125 Å². The van der Waals surface area contributed by atoms with Crippen LogP contribution in [0.25, 0.3) is 22.1 Å². The van der Waals surface area contributed by atoms with Crippen molar-refractivity contribution in [3.63, 3.8) is 0 Å². The second-order valence-corrected chi connectivity index (χ2v) is 15.9. The van der Waals surface area contributed by atoms with E-state index < -0.39 is 52.8 Å². The number of carbonyl (C=O) groups excluding carboxylic acids is 3. The number of hydrogen-bond acceptors (Lipinski definition) is 7. The first-order chi connectivity index (χ1) is 27.5. The maximum Gasteiger partial charge on any atom is 0.433 e. The van der Waals surface area contributed by atoms with Crippen LogP contribution in [-0.2, 0) is 31.2 Å². The molecule has 6 aromatic rings. The van der Waals surface area contributed by atoms with Gasteiger partial charge in [-0.3, -0.25) is 9.59 Å². The summed E-state index contributed by atoms with van der Waals surface area (Å²) in [4.78, 5) is 57.4. The van der Waals surface area contributed by atoms with E-state index >= 15 is 0 Å². The maximum absolute atomic E-state index is 13.3. The smallest absolute Gasteiger partial charge is 0.433 e. The minimum Gasteiger partial charge on any atom is -0.478 e. The lowest BCUT2D eigenvalue weighted by Crippen LogP contribution is -2.24. The Hall–Kier alpha value is -5.16. The van der Waals surface area contributed by atoms with Crippen LogP contribution in [0.5, 0.6) is 0 Å². The summed E-state index contributed by atoms with van der Waals surface area (Å²) in [6.07, 6.45) is -9.28. The van der Waals surface area contributed by atoms with Gasteiger partial charge in [-0.1, -0.05) is 46.4 Å². The average Bonchev–Trinajstić information content (AvgIpc) is 3.63. The molecule has 0 radical (unpaired) electrons. The lowest BCUT2D eigenvalue weighted by molar-refractivity contribution is -0.141. The number of carboxylic acids is 1. The summed E-state index contributed by atoms with van der Waals surface area (Å²) < 4.78 is 86.5. The molecule has 316 valence electrons. The van der Waals surface area contributed by atoms with Crippen LogP contribution in [0.3, 0.4) is 0 Å². The molecule has 0 saturated carbocycles. The molecular weight excluding hydrogens is 888 g/mol. The Morgan fingerprint density at radius 2 is 1.00 bits per heavy atom. The SMILES string of the molecule is Cc1cc(C(F)(F)F)nc2c1cc(C(=O)c1c(Cl)ccc(C(=O)O)c1Cl)n2C.Cc1cc(C(F)(F)F)nc2c1cc(C(=O)c1c(Cl)ccc(C(=O)OC(C)(C)C)c1Cl)n2C. The maximum atomic E-state index is 13.3. The van der Waals surface area contributed by atoms with E-state index in [0.29, 0.717) is 16.3 Å². The highest BCUT2D eigenvalue weighted by Gasteiger charge is 2.36. The van der Waals surface area contributed by atoms with Crippen molar-refractivity contribution in [1.82, 2.24) is 19.1 Å². The largest absolute Gasteiger partial charge is 0.478 e. The van der Waals surface area contributed by atoms with Crippen molar-refractivity contribution in [2.24, 2.45) is 14.1 Å². The Kier molecular flexibility index (Phi) is 12.5.